The Kier molecular flexibility index (Phi) is 5.47. The number of carbonyl (C=O) groups is 1. The number of hydrogen-bond donors (Lipinski definition) is 1. The second-order valence-electron chi connectivity index (χ2n) is 7.65. The molecular formula is C24H28N2O3. The molecule has 0 radical (unpaired) electrons. The molecule has 29 heavy (non-hydrogen) atoms. The highest BCUT2D eigenvalue weighted by molar-refractivity contribution is 5.83. The van der Waals surface area contributed by atoms with E-state index in [-0.39, 0.29) is 6.04 Å². The number of ether oxygens (including phenoxy) is 2. The second kappa shape index (κ2) is 8.19. The lowest BCUT2D eigenvalue weighted by Gasteiger charge is -2.35. The van der Waals surface area contributed by atoms with Crippen molar-refractivity contribution in [2.75, 3.05) is 20.3 Å². The fourth-order valence-corrected chi connectivity index (χ4v) is 4.40. The summed E-state index contributed by atoms with van der Waals surface area (Å²) < 4.78 is 11.3. The van der Waals surface area contributed by atoms with E-state index in [1.807, 2.05) is 11.8 Å². The molecule has 0 fully saturated rings. The van der Waals surface area contributed by atoms with Gasteiger partial charge in [0.1, 0.15) is 0 Å². The number of aromatic nitrogens is 1. The number of hydrogen-bond acceptors (Lipinski definition) is 3. The highest BCUT2D eigenvalue weighted by Gasteiger charge is 2.28. The molecule has 2 heterocycles. The smallest absolute Gasteiger partial charge is 0.210 e. The van der Waals surface area contributed by atoms with E-state index in [1.54, 1.807) is 7.11 Å². The molecule has 1 aliphatic rings. The summed E-state index contributed by atoms with van der Waals surface area (Å²) in [4.78, 5) is 17.1. The van der Waals surface area contributed by atoms with Crippen molar-refractivity contribution in [2.24, 2.45) is 0 Å². The van der Waals surface area contributed by atoms with E-state index in [0.717, 1.165) is 43.7 Å². The molecule has 1 N–H and O–H groups in total. The maximum atomic E-state index is 11.8. The minimum absolute atomic E-state index is 0.0387. The topological polar surface area (TPSA) is 54.6 Å². The number of carbonyl (C=O) groups excluding carboxylic acids is 1. The predicted octanol–water partition coefficient (Wildman–Crippen LogP) is 4.57. The third-order valence-electron chi connectivity index (χ3n) is 5.87. The standard InChI is InChI=1S/C24H28N2O3/c1-4-29-24-13-20-17(12-23(24)28-3)9-10-26(15-27)22(20)8-6-18-14-25-21-11-16(2)5-7-19(18)21/h5,7,11-15,22,25H,4,6,8-10H2,1-3H3. The lowest BCUT2D eigenvalue weighted by atomic mass is 9.88. The van der Waals surface area contributed by atoms with Gasteiger partial charge in [-0.05, 0) is 73.6 Å². The van der Waals surface area contributed by atoms with E-state index in [1.165, 1.54) is 33.2 Å². The van der Waals surface area contributed by atoms with E-state index in [4.69, 9.17) is 9.47 Å². The quantitative estimate of drug-likeness (QED) is 0.599. The number of H-pyrrole nitrogens is 1. The summed E-state index contributed by atoms with van der Waals surface area (Å²) in [5.41, 5.74) is 6.11. The van der Waals surface area contributed by atoms with Gasteiger partial charge in [-0.15, -0.1) is 0 Å². The zero-order valence-corrected chi connectivity index (χ0v) is 17.3. The van der Waals surface area contributed by atoms with Gasteiger partial charge in [0.15, 0.2) is 11.5 Å². The fraction of sp³-hybridized carbons (Fsp3) is 0.375. The average molecular weight is 392 g/mol. The molecule has 0 saturated heterocycles. The minimum atomic E-state index is 0.0387. The highest BCUT2D eigenvalue weighted by atomic mass is 16.5. The first-order valence-corrected chi connectivity index (χ1v) is 10.3. The molecule has 1 amide bonds. The number of fused-ring (bicyclic) bond motifs is 2. The first kappa shape index (κ1) is 19.4. The zero-order chi connectivity index (χ0) is 20.4. The number of aryl methyl sites for hydroxylation is 2. The SMILES string of the molecule is CCOc1cc2c(cc1OC)CCN(C=O)C2CCc1c[nH]c2cc(C)ccc12. The lowest BCUT2D eigenvalue weighted by molar-refractivity contribution is -0.120. The molecule has 0 spiro atoms. The van der Waals surface area contributed by atoms with Crippen LogP contribution in [0.1, 0.15) is 41.6 Å². The van der Waals surface area contributed by atoms with Gasteiger partial charge >= 0.3 is 0 Å². The van der Waals surface area contributed by atoms with Crippen LogP contribution in [-0.2, 0) is 17.6 Å². The second-order valence-corrected chi connectivity index (χ2v) is 7.65. The monoisotopic (exact) mass is 392 g/mol. The van der Waals surface area contributed by atoms with Gasteiger partial charge in [0, 0.05) is 23.6 Å². The minimum Gasteiger partial charge on any atom is -0.493 e. The normalized spacial score (nSPS) is 16.0. The molecule has 4 rings (SSSR count). The Morgan fingerprint density at radius 2 is 2.10 bits per heavy atom. The van der Waals surface area contributed by atoms with Crippen molar-refractivity contribution in [3.63, 3.8) is 0 Å². The van der Waals surface area contributed by atoms with Crippen molar-refractivity contribution < 1.29 is 14.3 Å². The number of methoxy groups -OCH3 is 1. The van der Waals surface area contributed by atoms with Gasteiger partial charge in [0.2, 0.25) is 6.41 Å². The summed E-state index contributed by atoms with van der Waals surface area (Å²) in [7, 11) is 1.67. The van der Waals surface area contributed by atoms with Gasteiger partial charge in [0.05, 0.1) is 19.8 Å². The van der Waals surface area contributed by atoms with Crippen LogP contribution >= 0.6 is 0 Å². The summed E-state index contributed by atoms with van der Waals surface area (Å²) in [6.45, 7) is 5.37. The predicted molar refractivity (Wildman–Crippen MR) is 115 cm³/mol. The van der Waals surface area contributed by atoms with Crippen LogP contribution < -0.4 is 9.47 Å². The van der Waals surface area contributed by atoms with Crippen LogP contribution in [0.4, 0.5) is 0 Å². The summed E-state index contributed by atoms with van der Waals surface area (Å²) in [6, 6.07) is 10.7. The van der Waals surface area contributed by atoms with Crippen LogP contribution in [-0.4, -0.2) is 36.6 Å². The molecule has 152 valence electrons. The van der Waals surface area contributed by atoms with E-state index in [2.05, 4.69) is 48.4 Å². The third-order valence-corrected chi connectivity index (χ3v) is 5.87. The molecule has 1 unspecified atom stereocenters. The lowest BCUT2D eigenvalue weighted by Crippen LogP contribution is -2.34. The number of nitrogens with one attached hydrogen (secondary N) is 1. The molecule has 2 aromatic carbocycles. The Morgan fingerprint density at radius 1 is 1.24 bits per heavy atom. The molecule has 0 aliphatic carbocycles. The summed E-state index contributed by atoms with van der Waals surface area (Å²) in [5.74, 6) is 1.50. The van der Waals surface area contributed by atoms with Crippen LogP contribution in [0.25, 0.3) is 10.9 Å². The first-order valence-electron chi connectivity index (χ1n) is 10.3. The fourth-order valence-electron chi connectivity index (χ4n) is 4.40. The number of rotatable bonds is 7. The zero-order valence-electron chi connectivity index (χ0n) is 17.3. The molecule has 3 aromatic rings. The van der Waals surface area contributed by atoms with Gasteiger partial charge in [-0.1, -0.05) is 12.1 Å². The molecule has 0 bridgehead atoms. The van der Waals surface area contributed by atoms with Crippen LogP contribution in [0.15, 0.2) is 36.5 Å². The van der Waals surface area contributed by atoms with E-state index >= 15 is 0 Å². The average Bonchev–Trinajstić information content (AvgIpc) is 3.13. The van der Waals surface area contributed by atoms with Crippen molar-refractivity contribution in [1.82, 2.24) is 9.88 Å². The van der Waals surface area contributed by atoms with Crippen LogP contribution in [0.2, 0.25) is 0 Å². The molecule has 5 heteroatoms. The van der Waals surface area contributed by atoms with Gasteiger partial charge in [-0.3, -0.25) is 4.79 Å². The molecule has 5 nitrogen and oxygen atoms in total. The Morgan fingerprint density at radius 3 is 2.86 bits per heavy atom. The first-order chi connectivity index (χ1) is 14.1. The molecular weight excluding hydrogens is 364 g/mol. The van der Waals surface area contributed by atoms with Gasteiger partial charge in [-0.2, -0.15) is 0 Å². The summed E-state index contributed by atoms with van der Waals surface area (Å²) in [5, 5.41) is 1.26. The van der Waals surface area contributed by atoms with Crippen molar-refractivity contribution in [3.05, 3.63) is 58.8 Å². The van der Waals surface area contributed by atoms with Crippen LogP contribution in [0.3, 0.4) is 0 Å². The van der Waals surface area contributed by atoms with Crippen LogP contribution in [0.5, 0.6) is 11.5 Å². The maximum Gasteiger partial charge on any atom is 0.210 e. The van der Waals surface area contributed by atoms with Crippen molar-refractivity contribution in [3.8, 4) is 11.5 Å². The number of amides is 1. The summed E-state index contributed by atoms with van der Waals surface area (Å²) in [6.07, 6.45) is 5.67. The van der Waals surface area contributed by atoms with E-state index in [0.29, 0.717) is 6.61 Å². The molecule has 0 saturated carbocycles. The number of benzene rings is 2. The highest BCUT2D eigenvalue weighted by Crippen LogP contribution is 2.39. The van der Waals surface area contributed by atoms with Crippen molar-refractivity contribution >= 4 is 17.3 Å². The molecule has 1 aliphatic heterocycles. The van der Waals surface area contributed by atoms with E-state index < -0.39 is 0 Å². The Bertz CT molecular complexity index is 1020. The van der Waals surface area contributed by atoms with Crippen molar-refractivity contribution in [2.45, 2.75) is 39.2 Å². The van der Waals surface area contributed by atoms with Gasteiger partial charge in [-0.25, -0.2) is 0 Å². The van der Waals surface area contributed by atoms with Crippen molar-refractivity contribution in [1.29, 1.82) is 0 Å². The molecule has 1 aromatic heterocycles. The number of aromatic amines is 1. The Labute approximate surface area is 171 Å². The Balaban J connectivity index is 1.65. The third kappa shape index (κ3) is 3.69. The largest absolute Gasteiger partial charge is 0.493 e. The number of nitrogens with zero attached hydrogens (tertiary/aromatic N) is 1. The Hall–Kier alpha value is -2.95. The summed E-state index contributed by atoms with van der Waals surface area (Å²) >= 11 is 0. The maximum absolute atomic E-state index is 11.8. The molecule has 1 atom stereocenters. The van der Waals surface area contributed by atoms with Gasteiger partial charge in [0.25, 0.3) is 0 Å². The van der Waals surface area contributed by atoms with Crippen LogP contribution in [0, 0.1) is 6.92 Å². The van der Waals surface area contributed by atoms with Gasteiger partial charge < -0.3 is 19.4 Å². The van der Waals surface area contributed by atoms with E-state index in [9.17, 15) is 4.79 Å².